The van der Waals surface area contributed by atoms with Crippen LogP contribution in [0.5, 0.6) is 17.2 Å². The predicted octanol–water partition coefficient (Wildman–Crippen LogP) is 4.07. The minimum Gasteiger partial charge on any atom is -0.489 e. The molecule has 3 aliphatic rings. The lowest BCUT2D eigenvalue weighted by molar-refractivity contribution is -0.126. The Kier molecular flexibility index (Phi) is 7.54. The van der Waals surface area contributed by atoms with Gasteiger partial charge in [0.25, 0.3) is 0 Å². The molecule has 1 atom stereocenters. The Morgan fingerprint density at radius 3 is 2.49 bits per heavy atom. The Hall–Kier alpha value is -3.95. The number of fused-ring (bicyclic) bond motifs is 1. The average Bonchev–Trinajstić information content (AvgIpc) is 3.20. The second-order valence-electron chi connectivity index (χ2n) is 11.0. The Bertz CT molecular complexity index is 1210. The summed E-state index contributed by atoms with van der Waals surface area (Å²) in [5, 5.41) is 0. The molecule has 208 valence electrons. The minimum atomic E-state index is -0.562. The van der Waals surface area contributed by atoms with E-state index in [1.807, 2.05) is 57.2 Å². The van der Waals surface area contributed by atoms with E-state index in [9.17, 15) is 14.4 Å². The second kappa shape index (κ2) is 11.0. The van der Waals surface area contributed by atoms with E-state index in [0.29, 0.717) is 49.8 Å². The molecule has 1 unspecified atom stereocenters. The maximum absolute atomic E-state index is 13.2. The molecule has 2 fully saturated rings. The van der Waals surface area contributed by atoms with Gasteiger partial charge in [0.15, 0.2) is 17.6 Å². The van der Waals surface area contributed by atoms with Crippen LogP contribution in [0.2, 0.25) is 0 Å². The Labute approximate surface area is 228 Å². The van der Waals surface area contributed by atoms with Crippen molar-refractivity contribution in [3.05, 3.63) is 54.1 Å². The molecule has 0 N–H and O–H groups in total. The average molecular weight is 538 g/mol. The molecule has 4 amide bonds. The molecule has 2 aromatic rings. The number of carbonyl (C=O) groups excluding carboxylic acids is 3. The molecule has 39 heavy (non-hydrogen) atoms. The van der Waals surface area contributed by atoms with Crippen LogP contribution in [-0.2, 0) is 16.1 Å². The van der Waals surface area contributed by atoms with Gasteiger partial charge in [-0.2, -0.15) is 0 Å². The highest BCUT2D eigenvalue weighted by molar-refractivity contribution is 6.02. The van der Waals surface area contributed by atoms with Gasteiger partial charge >= 0.3 is 12.1 Å². The molecule has 10 nitrogen and oxygen atoms in total. The third kappa shape index (κ3) is 6.38. The van der Waals surface area contributed by atoms with Crippen LogP contribution in [-0.4, -0.2) is 83.3 Å². The van der Waals surface area contributed by atoms with Crippen LogP contribution in [0.1, 0.15) is 39.2 Å². The minimum absolute atomic E-state index is 0.0254. The lowest BCUT2D eigenvalue weighted by atomic mass is 10.0. The Morgan fingerprint density at radius 2 is 1.77 bits per heavy atom. The number of imide groups is 1. The molecule has 2 aromatic carbocycles. The second-order valence-corrected chi connectivity index (χ2v) is 11.0. The van der Waals surface area contributed by atoms with E-state index in [-0.39, 0.29) is 43.8 Å². The molecule has 3 heterocycles. The first-order valence-electron chi connectivity index (χ1n) is 13.4. The summed E-state index contributed by atoms with van der Waals surface area (Å²) in [5.74, 6) is 1.49. The summed E-state index contributed by atoms with van der Waals surface area (Å²) in [4.78, 5) is 42.9. The number of ether oxygens (including phenoxy) is 4. The van der Waals surface area contributed by atoms with E-state index >= 15 is 0 Å². The monoisotopic (exact) mass is 537 g/mol. The molecular formula is C29H35N3O7. The number of hydrogen-bond donors (Lipinski definition) is 0. The van der Waals surface area contributed by atoms with Gasteiger partial charge in [0.2, 0.25) is 5.91 Å². The number of benzene rings is 2. The summed E-state index contributed by atoms with van der Waals surface area (Å²) in [5.41, 5.74) is 0.491. The number of piperidine rings is 1. The van der Waals surface area contributed by atoms with Crippen LogP contribution in [0.3, 0.4) is 0 Å². The first-order valence-corrected chi connectivity index (χ1v) is 13.4. The molecule has 0 bridgehead atoms. The van der Waals surface area contributed by atoms with E-state index in [4.69, 9.17) is 18.9 Å². The Morgan fingerprint density at radius 1 is 1.03 bits per heavy atom. The van der Waals surface area contributed by atoms with Crippen molar-refractivity contribution in [1.29, 1.82) is 0 Å². The largest absolute Gasteiger partial charge is 0.489 e. The van der Waals surface area contributed by atoms with Crippen molar-refractivity contribution in [3.8, 4) is 17.2 Å². The number of nitrogens with zero attached hydrogens (tertiary/aromatic N) is 3. The van der Waals surface area contributed by atoms with Gasteiger partial charge < -0.3 is 28.7 Å². The van der Waals surface area contributed by atoms with E-state index in [1.54, 1.807) is 21.9 Å². The quantitative estimate of drug-likeness (QED) is 0.513. The fraction of sp³-hybridized carbons (Fsp3) is 0.483. The molecule has 0 aliphatic carbocycles. The standard InChI is InChI=1S/C29H35N3O7/c1-29(2,3)39-28(35)30-13-11-21(12-14-30)31-17-26(33)32(27(31)34)16-23-19-37-24-10-9-22(15-25(24)38-23)36-18-20-7-5-4-6-8-20/h4-10,15,21,23H,11-14,16-19H2,1-3H3. The van der Waals surface area contributed by atoms with Crippen molar-refractivity contribution in [1.82, 2.24) is 14.7 Å². The van der Waals surface area contributed by atoms with E-state index in [2.05, 4.69) is 0 Å². The molecular weight excluding hydrogens is 502 g/mol. The van der Waals surface area contributed by atoms with Crippen molar-refractivity contribution in [2.75, 3.05) is 32.8 Å². The highest BCUT2D eigenvalue weighted by atomic mass is 16.6. The smallest absolute Gasteiger partial charge is 0.410 e. The van der Waals surface area contributed by atoms with Gasteiger partial charge in [0.05, 0.1) is 6.54 Å². The van der Waals surface area contributed by atoms with Crippen LogP contribution in [0.4, 0.5) is 9.59 Å². The lowest BCUT2D eigenvalue weighted by Gasteiger charge is -2.36. The van der Waals surface area contributed by atoms with Crippen LogP contribution in [0.25, 0.3) is 0 Å². The fourth-order valence-corrected chi connectivity index (χ4v) is 4.93. The molecule has 10 heteroatoms. The zero-order valence-electron chi connectivity index (χ0n) is 22.6. The topological polar surface area (TPSA) is 97.9 Å². The van der Waals surface area contributed by atoms with Crippen LogP contribution in [0, 0.1) is 0 Å². The summed E-state index contributed by atoms with van der Waals surface area (Å²) < 4.78 is 23.3. The van der Waals surface area contributed by atoms with E-state index < -0.39 is 11.7 Å². The van der Waals surface area contributed by atoms with Crippen molar-refractivity contribution in [3.63, 3.8) is 0 Å². The number of likely N-dealkylation sites (tertiary alicyclic amines) is 1. The van der Waals surface area contributed by atoms with Gasteiger partial charge in [0.1, 0.15) is 31.1 Å². The first kappa shape index (κ1) is 26.6. The normalized spacial score (nSPS) is 19.9. The van der Waals surface area contributed by atoms with Crippen LogP contribution >= 0.6 is 0 Å². The zero-order valence-corrected chi connectivity index (χ0v) is 22.6. The molecule has 5 rings (SSSR count). The number of urea groups is 1. The van der Waals surface area contributed by atoms with Crippen molar-refractivity contribution >= 4 is 18.0 Å². The van der Waals surface area contributed by atoms with E-state index in [0.717, 1.165) is 5.56 Å². The lowest BCUT2D eigenvalue weighted by Crippen LogP contribution is -2.49. The summed E-state index contributed by atoms with van der Waals surface area (Å²) in [6, 6.07) is 14.8. The summed E-state index contributed by atoms with van der Waals surface area (Å²) >= 11 is 0. The number of carbonyl (C=O) groups is 3. The van der Waals surface area contributed by atoms with Crippen molar-refractivity contribution < 1.29 is 33.3 Å². The fourth-order valence-electron chi connectivity index (χ4n) is 4.93. The molecule has 0 saturated carbocycles. The number of hydrogen-bond acceptors (Lipinski definition) is 7. The zero-order chi connectivity index (χ0) is 27.6. The van der Waals surface area contributed by atoms with Crippen molar-refractivity contribution in [2.45, 2.75) is 58.0 Å². The number of amides is 4. The third-order valence-corrected chi connectivity index (χ3v) is 6.91. The summed E-state index contributed by atoms with van der Waals surface area (Å²) in [6.07, 6.45) is 0.334. The predicted molar refractivity (Wildman–Crippen MR) is 142 cm³/mol. The first-order chi connectivity index (χ1) is 18.7. The molecule has 3 aliphatic heterocycles. The number of rotatable bonds is 6. The van der Waals surface area contributed by atoms with Crippen molar-refractivity contribution in [2.24, 2.45) is 0 Å². The highest BCUT2D eigenvalue weighted by Gasteiger charge is 2.43. The molecule has 0 spiro atoms. The van der Waals surface area contributed by atoms with Gasteiger partial charge in [-0.05, 0) is 51.3 Å². The summed E-state index contributed by atoms with van der Waals surface area (Å²) in [7, 11) is 0. The summed E-state index contributed by atoms with van der Waals surface area (Å²) in [6.45, 7) is 7.22. The van der Waals surface area contributed by atoms with Gasteiger partial charge in [-0.15, -0.1) is 0 Å². The maximum Gasteiger partial charge on any atom is 0.410 e. The van der Waals surface area contributed by atoms with Crippen LogP contribution in [0.15, 0.2) is 48.5 Å². The Balaban J connectivity index is 1.14. The molecule has 0 radical (unpaired) electrons. The van der Waals surface area contributed by atoms with Gasteiger partial charge in [-0.3, -0.25) is 9.69 Å². The van der Waals surface area contributed by atoms with Gasteiger partial charge in [-0.1, -0.05) is 30.3 Å². The van der Waals surface area contributed by atoms with Gasteiger partial charge in [-0.25, -0.2) is 9.59 Å². The maximum atomic E-state index is 13.2. The SMILES string of the molecule is CC(C)(C)OC(=O)N1CCC(N2CC(=O)N(CC3COc4ccc(OCc5ccccc5)cc4O3)C2=O)CC1. The van der Waals surface area contributed by atoms with Crippen LogP contribution < -0.4 is 14.2 Å². The highest BCUT2D eigenvalue weighted by Crippen LogP contribution is 2.36. The van der Waals surface area contributed by atoms with E-state index in [1.165, 1.54) is 4.90 Å². The molecule has 2 saturated heterocycles. The van der Waals surface area contributed by atoms with Gasteiger partial charge in [0, 0.05) is 25.2 Å². The third-order valence-electron chi connectivity index (χ3n) is 6.91. The molecule has 0 aromatic heterocycles.